The third-order valence-electron chi connectivity index (χ3n) is 2.29. The quantitative estimate of drug-likeness (QED) is 0.676. The van der Waals surface area contributed by atoms with Gasteiger partial charge in [0.1, 0.15) is 0 Å². The van der Waals surface area contributed by atoms with E-state index in [1.54, 1.807) is 0 Å². The smallest absolute Gasteiger partial charge is 0.0530 e. The molecule has 0 unspecified atom stereocenters. The summed E-state index contributed by atoms with van der Waals surface area (Å²) in [6, 6.07) is 0. The Morgan fingerprint density at radius 2 is 1.08 bits per heavy atom. The van der Waals surface area contributed by atoms with Gasteiger partial charge in [-0.1, -0.05) is 48.6 Å². The van der Waals surface area contributed by atoms with Crippen LogP contribution in [0.15, 0.2) is 48.6 Å². The average molecular weight is 270 g/mol. The molecule has 0 spiro atoms. The SMILES string of the molecule is ClC(C1C=CC=C1)C1C=CC=C1.[Zr]. The fourth-order valence-electron chi connectivity index (χ4n) is 1.58. The van der Waals surface area contributed by atoms with Crippen molar-refractivity contribution in [2.24, 2.45) is 11.8 Å². The van der Waals surface area contributed by atoms with Crippen LogP contribution in [0.1, 0.15) is 0 Å². The molecule has 0 N–H and O–H groups in total. The molecule has 0 heterocycles. The van der Waals surface area contributed by atoms with E-state index in [9.17, 15) is 0 Å². The van der Waals surface area contributed by atoms with E-state index >= 15 is 0 Å². The van der Waals surface area contributed by atoms with Crippen molar-refractivity contribution in [3.63, 3.8) is 0 Å². The molecule has 0 radical (unpaired) electrons. The van der Waals surface area contributed by atoms with Crippen molar-refractivity contribution in [1.29, 1.82) is 0 Å². The molecule has 0 atom stereocenters. The Balaban J connectivity index is 0.000000845. The summed E-state index contributed by atoms with van der Waals surface area (Å²) in [6.45, 7) is 0. The topological polar surface area (TPSA) is 0 Å². The normalized spacial score (nSPS) is 20.5. The standard InChI is InChI=1S/C11H11Cl.Zr/c12-11(9-5-1-2-6-9)10-7-3-4-8-10;/h1-11H;. The number of hydrogen-bond acceptors (Lipinski definition) is 0. The summed E-state index contributed by atoms with van der Waals surface area (Å²) < 4.78 is 0. The monoisotopic (exact) mass is 268 g/mol. The van der Waals surface area contributed by atoms with Crippen LogP contribution in [0.4, 0.5) is 0 Å². The van der Waals surface area contributed by atoms with E-state index in [0.717, 1.165) is 0 Å². The second-order valence-electron chi connectivity index (χ2n) is 3.14. The first-order chi connectivity index (χ1) is 5.88. The Kier molecular flexibility index (Phi) is 4.42. The summed E-state index contributed by atoms with van der Waals surface area (Å²) in [6.07, 6.45) is 16.8. The minimum absolute atomic E-state index is 0. The van der Waals surface area contributed by atoms with Crippen LogP contribution in [-0.4, -0.2) is 5.38 Å². The molecule has 0 aliphatic heterocycles. The largest absolute Gasteiger partial charge is 0.121 e. The first-order valence-corrected chi connectivity index (χ1v) is 4.65. The number of hydrogen-bond donors (Lipinski definition) is 0. The third kappa shape index (κ3) is 2.54. The second kappa shape index (κ2) is 5.12. The third-order valence-corrected chi connectivity index (χ3v) is 2.87. The molecule has 0 bridgehead atoms. The Hall–Kier alpha value is 0.133. The van der Waals surface area contributed by atoms with Crippen molar-refractivity contribution in [1.82, 2.24) is 0 Å². The van der Waals surface area contributed by atoms with E-state index in [0.29, 0.717) is 11.8 Å². The summed E-state index contributed by atoms with van der Waals surface area (Å²) in [5, 5.41) is 0.176. The van der Waals surface area contributed by atoms with E-state index < -0.39 is 0 Å². The van der Waals surface area contributed by atoms with Gasteiger partial charge < -0.3 is 0 Å². The molecule has 0 aromatic carbocycles. The van der Waals surface area contributed by atoms with Crippen LogP contribution in [0.5, 0.6) is 0 Å². The van der Waals surface area contributed by atoms with Gasteiger partial charge in [-0.25, -0.2) is 0 Å². The molecule has 0 aromatic rings. The molecule has 0 nitrogen and oxygen atoms in total. The minimum Gasteiger partial charge on any atom is -0.121 e. The van der Waals surface area contributed by atoms with Crippen molar-refractivity contribution >= 4 is 11.6 Å². The summed E-state index contributed by atoms with van der Waals surface area (Å²) in [7, 11) is 0. The van der Waals surface area contributed by atoms with Gasteiger partial charge >= 0.3 is 0 Å². The zero-order chi connectivity index (χ0) is 8.39. The fraction of sp³-hybridized carbons (Fsp3) is 0.273. The summed E-state index contributed by atoms with van der Waals surface area (Å²) in [5.74, 6) is 0.813. The maximum absolute atomic E-state index is 6.29. The van der Waals surface area contributed by atoms with Crippen molar-refractivity contribution in [3.8, 4) is 0 Å². The van der Waals surface area contributed by atoms with Crippen LogP contribution in [-0.2, 0) is 26.2 Å². The molecule has 2 aliphatic rings. The fourth-order valence-corrected chi connectivity index (χ4v) is 1.92. The van der Waals surface area contributed by atoms with Gasteiger partial charge in [-0.2, -0.15) is 0 Å². The van der Waals surface area contributed by atoms with E-state index in [2.05, 4.69) is 48.6 Å². The molecule has 2 heteroatoms. The number of alkyl halides is 1. The van der Waals surface area contributed by atoms with Crippen LogP contribution in [0.2, 0.25) is 0 Å². The van der Waals surface area contributed by atoms with E-state index in [-0.39, 0.29) is 31.6 Å². The molecule has 0 saturated heterocycles. The van der Waals surface area contributed by atoms with Gasteiger partial charge in [-0.15, -0.1) is 11.6 Å². The van der Waals surface area contributed by atoms with Crippen LogP contribution >= 0.6 is 11.6 Å². The zero-order valence-corrected chi connectivity index (χ0v) is 10.4. The van der Waals surface area contributed by atoms with E-state index in [1.807, 2.05) is 0 Å². The zero-order valence-electron chi connectivity index (χ0n) is 7.23. The first kappa shape index (κ1) is 11.2. The van der Waals surface area contributed by atoms with Crippen molar-refractivity contribution in [2.45, 2.75) is 5.38 Å². The molecule has 2 aliphatic carbocycles. The Bertz CT molecular complexity index is 224. The van der Waals surface area contributed by atoms with Gasteiger partial charge in [0.2, 0.25) is 0 Å². The molecule has 66 valence electrons. The van der Waals surface area contributed by atoms with Crippen molar-refractivity contribution in [2.75, 3.05) is 0 Å². The van der Waals surface area contributed by atoms with Gasteiger partial charge in [0.25, 0.3) is 0 Å². The molecule has 0 fully saturated rings. The predicted molar refractivity (Wildman–Crippen MR) is 53.2 cm³/mol. The molecule has 0 amide bonds. The van der Waals surface area contributed by atoms with Gasteiger partial charge in [-0.3, -0.25) is 0 Å². The van der Waals surface area contributed by atoms with Gasteiger partial charge in [-0.05, 0) is 0 Å². The first-order valence-electron chi connectivity index (χ1n) is 4.22. The molecular formula is C11H11ClZr. The van der Waals surface area contributed by atoms with Gasteiger partial charge in [0.15, 0.2) is 0 Å². The summed E-state index contributed by atoms with van der Waals surface area (Å²) >= 11 is 6.29. The molecule has 2 rings (SSSR count). The molecule has 0 saturated carbocycles. The minimum atomic E-state index is 0. The average Bonchev–Trinajstić information content (AvgIpc) is 2.77. The van der Waals surface area contributed by atoms with Crippen molar-refractivity contribution < 1.29 is 26.2 Å². The molecular weight excluding hydrogens is 259 g/mol. The Morgan fingerprint density at radius 1 is 0.769 bits per heavy atom. The predicted octanol–water partition coefficient (Wildman–Crippen LogP) is 3.08. The Morgan fingerprint density at radius 3 is 1.38 bits per heavy atom. The van der Waals surface area contributed by atoms with Gasteiger partial charge in [0.05, 0.1) is 5.38 Å². The van der Waals surface area contributed by atoms with Crippen LogP contribution in [0.25, 0.3) is 0 Å². The molecule has 13 heavy (non-hydrogen) atoms. The van der Waals surface area contributed by atoms with Crippen LogP contribution < -0.4 is 0 Å². The van der Waals surface area contributed by atoms with E-state index in [1.165, 1.54) is 0 Å². The summed E-state index contributed by atoms with van der Waals surface area (Å²) in [5.41, 5.74) is 0. The van der Waals surface area contributed by atoms with Crippen molar-refractivity contribution in [3.05, 3.63) is 48.6 Å². The Labute approximate surface area is 103 Å². The number of allylic oxidation sites excluding steroid dienone is 8. The second-order valence-corrected chi connectivity index (χ2v) is 3.64. The molecule has 0 aromatic heterocycles. The number of rotatable bonds is 2. The van der Waals surface area contributed by atoms with Gasteiger partial charge in [0, 0.05) is 38.0 Å². The summed E-state index contributed by atoms with van der Waals surface area (Å²) in [4.78, 5) is 0. The van der Waals surface area contributed by atoms with E-state index in [4.69, 9.17) is 11.6 Å². The van der Waals surface area contributed by atoms with Crippen LogP contribution in [0.3, 0.4) is 0 Å². The maximum atomic E-state index is 6.29. The van der Waals surface area contributed by atoms with Crippen LogP contribution in [0, 0.1) is 11.8 Å². The number of halogens is 1. The maximum Gasteiger partial charge on any atom is 0.0530 e.